The zero-order valence-electron chi connectivity index (χ0n) is 24.6. The van der Waals surface area contributed by atoms with E-state index in [1.807, 2.05) is 78.9 Å². The van der Waals surface area contributed by atoms with Crippen LogP contribution in [0.15, 0.2) is 94.6 Å². The number of aromatic amines is 1. The molecule has 1 fully saturated rings. The van der Waals surface area contributed by atoms with Crippen molar-refractivity contribution in [2.24, 2.45) is 0 Å². The average molecular weight is 600 g/mol. The van der Waals surface area contributed by atoms with Crippen LogP contribution in [0, 0.1) is 6.92 Å². The highest BCUT2D eigenvalue weighted by molar-refractivity contribution is 5.84. The number of methoxy groups -OCH3 is 2. The number of hydrogen-bond donors (Lipinski definition) is 2. The smallest absolute Gasteiger partial charge is 0.328 e. The van der Waals surface area contributed by atoms with Crippen LogP contribution >= 0.6 is 0 Å². The Morgan fingerprint density at radius 2 is 1.43 bits per heavy atom. The Kier molecular flexibility index (Phi) is 8.68. The number of amides is 1. The van der Waals surface area contributed by atoms with Crippen molar-refractivity contribution < 1.29 is 28.9 Å². The number of nitrogens with zero attached hydrogens (tertiary/aromatic N) is 2. The maximum atomic E-state index is 13.5. The maximum absolute atomic E-state index is 13.5. The van der Waals surface area contributed by atoms with Gasteiger partial charge in [-0.15, -0.1) is 0 Å². The van der Waals surface area contributed by atoms with Gasteiger partial charge in [-0.25, -0.2) is 9.59 Å². The van der Waals surface area contributed by atoms with Crippen molar-refractivity contribution in [1.29, 1.82) is 0 Å². The normalized spacial score (nSPS) is 16.5. The molecule has 1 aliphatic heterocycles. The van der Waals surface area contributed by atoms with Gasteiger partial charge in [0.1, 0.15) is 29.7 Å². The minimum atomic E-state index is -1.21. The third-order valence-corrected chi connectivity index (χ3v) is 7.88. The molecule has 1 aliphatic rings. The van der Waals surface area contributed by atoms with Crippen LogP contribution in [0.5, 0.6) is 11.5 Å². The first-order valence-electron chi connectivity index (χ1n) is 14.0. The molecule has 0 unspecified atom stereocenters. The molecule has 11 heteroatoms. The monoisotopic (exact) mass is 599 g/mol. The van der Waals surface area contributed by atoms with Gasteiger partial charge in [0.25, 0.3) is 5.56 Å². The Morgan fingerprint density at radius 3 is 1.95 bits per heavy atom. The molecule has 0 saturated carbocycles. The van der Waals surface area contributed by atoms with Crippen molar-refractivity contribution in [1.82, 2.24) is 14.5 Å². The van der Waals surface area contributed by atoms with Crippen molar-refractivity contribution >= 4 is 11.9 Å². The lowest BCUT2D eigenvalue weighted by Crippen LogP contribution is -2.44. The largest absolute Gasteiger partial charge is 0.497 e. The molecule has 1 amide bonds. The second-order valence-corrected chi connectivity index (χ2v) is 10.6. The Bertz CT molecular complexity index is 1700. The summed E-state index contributed by atoms with van der Waals surface area (Å²) in [4.78, 5) is 53.4. The molecule has 2 heterocycles. The molecule has 5 rings (SSSR count). The summed E-state index contributed by atoms with van der Waals surface area (Å²) in [5.41, 5.74) is 0.0624. The fraction of sp³-hybridized carbons (Fsp3) is 0.273. The van der Waals surface area contributed by atoms with E-state index in [-0.39, 0.29) is 18.5 Å². The minimum absolute atomic E-state index is 0.0154. The summed E-state index contributed by atoms with van der Waals surface area (Å²) >= 11 is 0. The number of aryl methyl sites for hydroxylation is 1. The molecule has 0 spiro atoms. The summed E-state index contributed by atoms with van der Waals surface area (Å²) in [5, 5.41) is 10.1. The fourth-order valence-electron chi connectivity index (χ4n) is 5.64. The van der Waals surface area contributed by atoms with E-state index in [1.54, 1.807) is 14.2 Å². The Morgan fingerprint density at radius 1 is 0.886 bits per heavy atom. The number of aliphatic carboxylic acids is 1. The van der Waals surface area contributed by atoms with E-state index >= 15 is 0 Å². The van der Waals surface area contributed by atoms with Gasteiger partial charge in [0.2, 0.25) is 5.91 Å². The number of carbonyl (C=O) groups is 2. The van der Waals surface area contributed by atoms with Gasteiger partial charge < -0.3 is 24.2 Å². The minimum Gasteiger partial charge on any atom is -0.497 e. The summed E-state index contributed by atoms with van der Waals surface area (Å²) in [6.07, 6.45) is 0.590. The number of carbonyl (C=O) groups excluding carboxylic acids is 1. The van der Waals surface area contributed by atoms with Crippen molar-refractivity contribution in [3.8, 4) is 11.5 Å². The van der Waals surface area contributed by atoms with Gasteiger partial charge in [-0.05, 0) is 47.9 Å². The fourth-order valence-corrected chi connectivity index (χ4v) is 5.64. The van der Waals surface area contributed by atoms with Crippen LogP contribution in [0.25, 0.3) is 0 Å². The molecule has 1 aromatic heterocycles. The first-order chi connectivity index (χ1) is 21.2. The topological polar surface area (TPSA) is 140 Å². The standard InChI is InChI=1S/C33H33N3O8/c1-21-18-35(32(41)34-30(21)38)20-29(37)36-19-27(17-28(36)31(39)40)44-33(22-7-5-4-6-8-22,23-9-13-25(42-2)14-10-23)24-11-15-26(43-3)16-12-24/h4-16,18,27-28H,17,19-20H2,1-3H3,(H,39,40)(H,34,38,41)/t27-,28-/m1/s1. The second-order valence-electron chi connectivity index (χ2n) is 10.6. The lowest BCUT2D eigenvalue weighted by molar-refractivity contribution is -0.148. The highest BCUT2D eigenvalue weighted by Gasteiger charge is 2.46. The molecule has 0 radical (unpaired) electrons. The molecule has 228 valence electrons. The zero-order valence-corrected chi connectivity index (χ0v) is 24.6. The van der Waals surface area contributed by atoms with Crippen LogP contribution < -0.4 is 20.7 Å². The molecule has 0 aliphatic carbocycles. The van der Waals surface area contributed by atoms with Crippen molar-refractivity contribution in [3.05, 3.63) is 128 Å². The molecule has 0 bridgehead atoms. The summed E-state index contributed by atoms with van der Waals surface area (Å²) in [5.74, 6) is -0.464. The predicted octanol–water partition coefficient (Wildman–Crippen LogP) is 2.93. The van der Waals surface area contributed by atoms with Crippen LogP contribution in [-0.2, 0) is 26.5 Å². The number of hydrogen-bond acceptors (Lipinski definition) is 7. The molecular formula is C33H33N3O8. The first-order valence-corrected chi connectivity index (χ1v) is 14.0. The lowest BCUT2D eigenvalue weighted by Gasteiger charge is -2.38. The number of carboxylic acid groups (broad SMARTS) is 1. The number of ether oxygens (including phenoxy) is 3. The molecule has 2 N–H and O–H groups in total. The Labute approximate surface area is 253 Å². The first kappa shape index (κ1) is 30.3. The van der Waals surface area contributed by atoms with Crippen LogP contribution in [0.2, 0.25) is 0 Å². The molecule has 3 aromatic carbocycles. The zero-order chi connectivity index (χ0) is 31.4. The molecule has 44 heavy (non-hydrogen) atoms. The molecule has 4 aromatic rings. The van der Waals surface area contributed by atoms with Crippen LogP contribution in [0.1, 0.15) is 28.7 Å². The van der Waals surface area contributed by atoms with Crippen LogP contribution in [-0.4, -0.2) is 64.3 Å². The highest BCUT2D eigenvalue weighted by atomic mass is 16.5. The van der Waals surface area contributed by atoms with Gasteiger partial charge in [0.15, 0.2) is 0 Å². The van der Waals surface area contributed by atoms with E-state index in [0.717, 1.165) is 21.3 Å². The van der Waals surface area contributed by atoms with E-state index in [0.29, 0.717) is 11.5 Å². The average Bonchev–Trinajstić information content (AvgIpc) is 3.47. The quantitative estimate of drug-likeness (QED) is 0.265. The predicted molar refractivity (Wildman–Crippen MR) is 161 cm³/mol. The number of H-pyrrole nitrogens is 1. The van der Waals surface area contributed by atoms with Crippen molar-refractivity contribution in [3.63, 3.8) is 0 Å². The Balaban J connectivity index is 1.57. The Hall–Kier alpha value is -5.16. The van der Waals surface area contributed by atoms with Gasteiger partial charge in [-0.2, -0.15) is 0 Å². The van der Waals surface area contributed by atoms with Gasteiger partial charge in [-0.1, -0.05) is 54.6 Å². The van der Waals surface area contributed by atoms with Crippen molar-refractivity contribution in [2.75, 3.05) is 20.8 Å². The summed E-state index contributed by atoms with van der Waals surface area (Å²) in [7, 11) is 3.16. The van der Waals surface area contributed by atoms with E-state index in [9.17, 15) is 24.3 Å². The number of likely N-dealkylation sites (tertiary alicyclic amines) is 1. The number of nitrogens with one attached hydrogen (secondary N) is 1. The summed E-state index contributed by atoms with van der Waals surface area (Å²) in [6.45, 7) is 1.04. The van der Waals surface area contributed by atoms with E-state index < -0.39 is 47.4 Å². The molecule has 2 atom stereocenters. The van der Waals surface area contributed by atoms with E-state index in [2.05, 4.69) is 4.98 Å². The molecule has 1 saturated heterocycles. The van der Waals surface area contributed by atoms with E-state index in [4.69, 9.17) is 14.2 Å². The number of carboxylic acids is 1. The lowest BCUT2D eigenvalue weighted by atomic mass is 9.79. The SMILES string of the molecule is COc1ccc(C(O[C@@H]2C[C@H](C(=O)O)N(C(=O)Cn3cc(C)c(=O)[nH]c3=O)C2)(c2ccccc2)c2ccc(OC)cc2)cc1. The van der Waals surface area contributed by atoms with Crippen LogP contribution in [0.3, 0.4) is 0 Å². The van der Waals surface area contributed by atoms with Crippen molar-refractivity contribution in [2.45, 2.75) is 37.6 Å². The number of rotatable bonds is 10. The third-order valence-electron chi connectivity index (χ3n) is 7.88. The third kappa shape index (κ3) is 5.86. The second kappa shape index (κ2) is 12.6. The summed E-state index contributed by atoms with van der Waals surface area (Å²) in [6, 6.07) is 23.3. The maximum Gasteiger partial charge on any atom is 0.328 e. The van der Waals surface area contributed by atoms with Gasteiger partial charge in [0.05, 0.1) is 20.3 Å². The van der Waals surface area contributed by atoms with Gasteiger partial charge in [-0.3, -0.25) is 19.1 Å². The summed E-state index contributed by atoms with van der Waals surface area (Å²) < 4.78 is 18.9. The van der Waals surface area contributed by atoms with E-state index in [1.165, 1.54) is 18.0 Å². The molecular weight excluding hydrogens is 566 g/mol. The molecule has 11 nitrogen and oxygen atoms in total. The van der Waals surface area contributed by atoms with Gasteiger partial charge in [0, 0.05) is 24.7 Å². The van der Waals surface area contributed by atoms with Crippen LogP contribution in [0.4, 0.5) is 0 Å². The number of benzene rings is 3. The number of aromatic nitrogens is 2. The van der Waals surface area contributed by atoms with Gasteiger partial charge >= 0.3 is 11.7 Å². The highest BCUT2D eigenvalue weighted by Crippen LogP contribution is 2.44.